The van der Waals surface area contributed by atoms with Gasteiger partial charge in [0.05, 0.1) is 19.8 Å². The lowest BCUT2D eigenvalue weighted by atomic mass is 9.90. The highest BCUT2D eigenvalue weighted by Crippen LogP contribution is 2.18. The van der Waals surface area contributed by atoms with Gasteiger partial charge in [0.25, 0.3) is 0 Å². The Morgan fingerprint density at radius 3 is 2.24 bits per heavy atom. The molecule has 0 aliphatic carbocycles. The second kappa shape index (κ2) is 8.74. The monoisotopic (exact) mass is 298 g/mol. The minimum absolute atomic E-state index is 0.326. The molecule has 21 heavy (non-hydrogen) atoms. The fraction of sp³-hybridized carbons (Fsp3) is 0.533. The van der Waals surface area contributed by atoms with Crippen LogP contribution in [0.3, 0.4) is 0 Å². The van der Waals surface area contributed by atoms with E-state index >= 15 is 0 Å². The summed E-state index contributed by atoms with van der Waals surface area (Å²) in [5.41, 5.74) is 0.965. The first-order valence-corrected chi connectivity index (χ1v) is 6.76. The van der Waals surface area contributed by atoms with Crippen LogP contribution < -0.4 is 4.74 Å². The lowest BCUT2D eigenvalue weighted by Gasteiger charge is -2.25. The molecule has 0 bridgehead atoms. The van der Waals surface area contributed by atoms with E-state index in [1.165, 1.54) is 0 Å². The van der Waals surface area contributed by atoms with Crippen molar-refractivity contribution in [2.75, 3.05) is 13.7 Å². The van der Waals surface area contributed by atoms with Gasteiger partial charge in [-0.25, -0.2) is 0 Å². The number of hydrogen-bond donors (Lipinski definition) is 4. The number of aryl methyl sites for hydroxylation is 1. The number of benzene rings is 1. The van der Waals surface area contributed by atoms with Gasteiger partial charge in [0.2, 0.25) is 0 Å². The van der Waals surface area contributed by atoms with Gasteiger partial charge in [-0.15, -0.1) is 0 Å². The SMILES string of the molecule is COc1ccc(CC[C@@H](C=O)[C@H](O)[C@@H](O)[C@@H](O)CO)cc1. The summed E-state index contributed by atoms with van der Waals surface area (Å²) < 4.78 is 5.04. The molecule has 0 unspecified atom stereocenters. The third-order valence-corrected chi connectivity index (χ3v) is 3.47. The molecule has 0 spiro atoms. The molecule has 0 saturated carbocycles. The zero-order valence-corrected chi connectivity index (χ0v) is 11.9. The minimum atomic E-state index is -1.55. The molecule has 1 aromatic carbocycles. The molecule has 118 valence electrons. The van der Waals surface area contributed by atoms with Crippen molar-refractivity contribution in [3.8, 4) is 5.75 Å². The van der Waals surface area contributed by atoms with Crippen LogP contribution in [0.4, 0.5) is 0 Å². The highest BCUT2D eigenvalue weighted by Gasteiger charge is 2.30. The molecule has 6 nitrogen and oxygen atoms in total. The maximum Gasteiger partial charge on any atom is 0.125 e. The lowest BCUT2D eigenvalue weighted by Crippen LogP contribution is -2.44. The van der Waals surface area contributed by atoms with Crippen LogP contribution in [0.2, 0.25) is 0 Å². The smallest absolute Gasteiger partial charge is 0.125 e. The number of ether oxygens (including phenoxy) is 1. The van der Waals surface area contributed by atoms with Crippen LogP contribution in [0.5, 0.6) is 5.75 Å². The van der Waals surface area contributed by atoms with E-state index in [1.54, 1.807) is 19.2 Å². The van der Waals surface area contributed by atoms with Gasteiger partial charge in [0.15, 0.2) is 0 Å². The molecule has 0 aliphatic heterocycles. The van der Waals surface area contributed by atoms with Crippen molar-refractivity contribution in [1.29, 1.82) is 0 Å². The quantitative estimate of drug-likeness (QED) is 0.459. The van der Waals surface area contributed by atoms with E-state index in [4.69, 9.17) is 9.84 Å². The molecule has 0 aromatic heterocycles. The highest BCUT2D eigenvalue weighted by atomic mass is 16.5. The van der Waals surface area contributed by atoms with Crippen LogP contribution in [0.1, 0.15) is 12.0 Å². The van der Waals surface area contributed by atoms with Gasteiger partial charge < -0.3 is 30.0 Å². The first-order valence-electron chi connectivity index (χ1n) is 6.76. The van der Waals surface area contributed by atoms with Crippen molar-refractivity contribution in [2.45, 2.75) is 31.2 Å². The van der Waals surface area contributed by atoms with E-state index in [0.717, 1.165) is 11.3 Å². The lowest BCUT2D eigenvalue weighted by molar-refractivity contribution is -0.125. The molecular formula is C15H22O6. The molecule has 0 heterocycles. The third kappa shape index (κ3) is 5.09. The average molecular weight is 298 g/mol. The summed E-state index contributed by atoms with van der Waals surface area (Å²) in [5.74, 6) is -0.0875. The fourth-order valence-electron chi connectivity index (χ4n) is 2.03. The summed E-state index contributed by atoms with van der Waals surface area (Å²) in [6, 6.07) is 7.30. The number of carbonyl (C=O) groups is 1. The first-order chi connectivity index (χ1) is 10.0. The Balaban J connectivity index is 2.58. The number of carbonyl (C=O) groups excluding carboxylic acids is 1. The zero-order valence-electron chi connectivity index (χ0n) is 11.9. The molecule has 0 saturated heterocycles. The van der Waals surface area contributed by atoms with E-state index < -0.39 is 30.8 Å². The van der Waals surface area contributed by atoms with E-state index in [2.05, 4.69) is 0 Å². The second-order valence-electron chi connectivity index (χ2n) is 4.92. The largest absolute Gasteiger partial charge is 0.497 e. The molecule has 4 atom stereocenters. The number of aliphatic hydroxyl groups excluding tert-OH is 4. The maximum atomic E-state index is 11.0. The van der Waals surface area contributed by atoms with Crippen molar-refractivity contribution in [3.05, 3.63) is 29.8 Å². The van der Waals surface area contributed by atoms with Gasteiger partial charge in [0.1, 0.15) is 24.2 Å². The van der Waals surface area contributed by atoms with Gasteiger partial charge in [-0.2, -0.15) is 0 Å². The number of aliphatic hydroxyl groups is 4. The third-order valence-electron chi connectivity index (χ3n) is 3.47. The number of methoxy groups -OCH3 is 1. The van der Waals surface area contributed by atoms with Crippen molar-refractivity contribution in [3.63, 3.8) is 0 Å². The second-order valence-corrected chi connectivity index (χ2v) is 4.92. The van der Waals surface area contributed by atoms with Gasteiger partial charge in [0, 0.05) is 5.92 Å². The van der Waals surface area contributed by atoms with Gasteiger partial charge in [-0.05, 0) is 30.5 Å². The van der Waals surface area contributed by atoms with Crippen LogP contribution in [0.25, 0.3) is 0 Å². The molecule has 6 heteroatoms. The number of aldehydes is 1. The molecule has 0 fully saturated rings. The van der Waals surface area contributed by atoms with E-state index in [0.29, 0.717) is 19.1 Å². The Morgan fingerprint density at radius 2 is 1.76 bits per heavy atom. The Labute approximate surface area is 123 Å². The number of rotatable bonds is 9. The zero-order chi connectivity index (χ0) is 15.8. The van der Waals surface area contributed by atoms with Crippen LogP contribution in [-0.4, -0.2) is 58.7 Å². The topological polar surface area (TPSA) is 107 Å². The Morgan fingerprint density at radius 1 is 1.14 bits per heavy atom. The van der Waals surface area contributed by atoms with Gasteiger partial charge >= 0.3 is 0 Å². The highest BCUT2D eigenvalue weighted by molar-refractivity contribution is 5.54. The average Bonchev–Trinajstić information content (AvgIpc) is 2.54. The molecule has 0 aliphatic rings. The standard InChI is InChI=1S/C15H22O6/c1-21-12-6-3-10(4-7-12)2-5-11(8-16)14(19)15(20)13(18)9-17/h3-4,6-8,11,13-15,17-20H,2,5,9H2,1H3/t11-,13-,14-,15-/m0/s1. The normalized spacial score (nSPS) is 16.8. The maximum absolute atomic E-state index is 11.0. The molecule has 1 aromatic rings. The Bertz CT molecular complexity index is 419. The summed E-state index contributed by atoms with van der Waals surface area (Å²) >= 11 is 0. The summed E-state index contributed by atoms with van der Waals surface area (Å²) in [4.78, 5) is 11.0. The summed E-state index contributed by atoms with van der Waals surface area (Å²) in [5, 5.41) is 37.5. The summed E-state index contributed by atoms with van der Waals surface area (Å²) in [6.45, 7) is -0.678. The molecule has 1 rings (SSSR count). The Hall–Kier alpha value is -1.47. The van der Waals surface area contributed by atoms with E-state index in [9.17, 15) is 20.1 Å². The summed E-state index contributed by atoms with van der Waals surface area (Å²) in [6.07, 6.45) is -3.02. The first kappa shape index (κ1) is 17.6. The predicted octanol–water partition coefficient (Wildman–Crippen LogP) is -0.482. The van der Waals surface area contributed by atoms with Crippen molar-refractivity contribution >= 4 is 6.29 Å². The number of hydrogen-bond acceptors (Lipinski definition) is 6. The van der Waals surface area contributed by atoms with Crippen molar-refractivity contribution < 1.29 is 30.0 Å². The van der Waals surface area contributed by atoms with Gasteiger partial charge in [-0.3, -0.25) is 0 Å². The minimum Gasteiger partial charge on any atom is -0.497 e. The Kier molecular flexibility index (Phi) is 7.31. The van der Waals surface area contributed by atoms with Crippen molar-refractivity contribution in [1.82, 2.24) is 0 Å². The molecule has 0 amide bonds. The predicted molar refractivity (Wildman–Crippen MR) is 76.0 cm³/mol. The molecule has 0 radical (unpaired) electrons. The van der Waals surface area contributed by atoms with E-state index in [-0.39, 0.29) is 0 Å². The molecule has 4 N–H and O–H groups in total. The van der Waals surface area contributed by atoms with Gasteiger partial charge in [-0.1, -0.05) is 12.1 Å². The summed E-state index contributed by atoms with van der Waals surface area (Å²) in [7, 11) is 1.57. The van der Waals surface area contributed by atoms with Crippen LogP contribution in [-0.2, 0) is 11.2 Å². The van der Waals surface area contributed by atoms with E-state index in [1.807, 2.05) is 12.1 Å². The van der Waals surface area contributed by atoms with Crippen LogP contribution in [0.15, 0.2) is 24.3 Å². The van der Waals surface area contributed by atoms with Crippen molar-refractivity contribution in [2.24, 2.45) is 5.92 Å². The van der Waals surface area contributed by atoms with Crippen LogP contribution >= 0.6 is 0 Å². The van der Waals surface area contributed by atoms with Crippen LogP contribution in [0, 0.1) is 5.92 Å². The fourth-order valence-corrected chi connectivity index (χ4v) is 2.03. The molecular weight excluding hydrogens is 276 g/mol.